The number of nitro groups is 1. The first kappa shape index (κ1) is 22.3. The van der Waals surface area contributed by atoms with Gasteiger partial charge in [0, 0.05) is 24.4 Å². The largest absolute Gasteiger partial charge is 0.486 e. The molecule has 0 fully saturated rings. The highest BCUT2D eigenvalue weighted by Crippen LogP contribution is 2.21. The summed E-state index contributed by atoms with van der Waals surface area (Å²) in [5.41, 5.74) is 2.83. The molecule has 0 radical (unpaired) electrons. The van der Waals surface area contributed by atoms with Gasteiger partial charge in [0.15, 0.2) is 11.0 Å². The van der Waals surface area contributed by atoms with Gasteiger partial charge in [-0.05, 0) is 56.2 Å². The van der Waals surface area contributed by atoms with Gasteiger partial charge < -0.3 is 14.6 Å². The number of hydrogen-bond acceptors (Lipinski definition) is 7. The highest BCUT2D eigenvalue weighted by Gasteiger charge is 2.14. The zero-order valence-corrected chi connectivity index (χ0v) is 18.3. The van der Waals surface area contributed by atoms with Gasteiger partial charge in [0.1, 0.15) is 12.4 Å². The van der Waals surface area contributed by atoms with Crippen molar-refractivity contribution in [1.82, 2.24) is 14.8 Å². The third-order valence-electron chi connectivity index (χ3n) is 4.65. The minimum absolute atomic E-state index is 0.0287. The summed E-state index contributed by atoms with van der Waals surface area (Å²) < 4.78 is 7.76. The van der Waals surface area contributed by atoms with Crippen molar-refractivity contribution in [2.24, 2.45) is 0 Å². The number of aromatic nitrogens is 3. The van der Waals surface area contributed by atoms with Crippen LogP contribution in [0.2, 0.25) is 0 Å². The van der Waals surface area contributed by atoms with Crippen molar-refractivity contribution in [3.05, 3.63) is 69.5 Å². The van der Waals surface area contributed by atoms with E-state index in [4.69, 9.17) is 4.74 Å². The van der Waals surface area contributed by atoms with Crippen LogP contribution in [0.5, 0.6) is 5.75 Å². The Bertz CT molecular complexity index is 1080. The number of rotatable bonds is 9. The number of ether oxygens (including phenoxy) is 1. The maximum Gasteiger partial charge on any atom is 0.269 e. The molecular formula is C21H23N5O4S. The molecule has 1 heterocycles. The first-order valence-corrected chi connectivity index (χ1v) is 10.6. The van der Waals surface area contributed by atoms with E-state index in [0.717, 1.165) is 11.3 Å². The monoisotopic (exact) mass is 441 g/mol. The third kappa shape index (κ3) is 5.82. The van der Waals surface area contributed by atoms with E-state index in [-0.39, 0.29) is 24.0 Å². The lowest BCUT2D eigenvalue weighted by molar-refractivity contribution is -0.384. The van der Waals surface area contributed by atoms with Crippen molar-refractivity contribution < 1.29 is 14.5 Å². The molecule has 1 N–H and O–H groups in total. The molecule has 10 heteroatoms. The molecular weight excluding hydrogens is 418 g/mol. The molecule has 3 rings (SSSR count). The van der Waals surface area contributed by atoms with E-state index < -0.39 is 4.92 Å². The molecule has 1 amide bonds. The molecule has 2 aromatic carbocycles. The van der Waals surface area contributed by atoms with Crippen LogP contribution >= 0.6 is 11.8 Å². The Morgan fingerprint density at radius 1 is 1.16 bits per heavy atom. The van der Waals surface area contributed by atoms with Crippen LogP contribution in [0, 0.1) is 24.0 Å². The van der Waals surface area contributed by atoms with Gasteiger partial charge in [0.25, 0.3) is 5.69 Å². The molecule has 9 nitrogen and oxygen atoms in total. The zero-order chi connectivity index (χ0) is 22.4. The Labute approximate surface area is 184 Å². The van der Waals surface area contributed by atoms with Crippen LogP contribution in [0.1, 0.15) is 23.9 Å². The topological polar surface area (TPSA) is 112 Å². The van der Waals surface area contributed by atoms with E-state index in [1.54, 1.807) is 0 Å². The van der Waals surface area contributed by atoms with Crippen molar-refractivity contribution in [1.29, 1.82) is 0 Å². The Kier molecular flexibility index (Phi) is 7.24. The van der Waals surface area contributed by atoms with Crippen LogP contribution in [0.15, 0.2) is 47.6 Å². The van der Waals surface area contributed by atoms with Crippen LogP contribution < -0.4 is 10.1 Å². The average molecular weight is 442 g/mol. The van der Waals surface area contributed by atoms with Crippen LogP contribution in [-0.4, -0.2) is 31.3 Å². The molecule has 3 aromatic rings. The SMILES string of the molecule is CCn1c(COc2ccc(C)c(C)c2)nnc1SCC(=O)Nc1ccc([N+](=O)[O-])cc1. The molecule has 0 unspecified atom stereocenters. The molecule has 0 atom stereocenters. The predicted molar refractivity (Wildman–Crippen MR) is 118 cm³/mol. The number of thioether (sulfide) groups is 1. The minimum Gasteiger partial charge on any atom is -0.486 e. The highest BCUT2D eigenvalue weighted by atomic mass is 32.2. The van der Waals surface area contributed by atoms with Gasteiger partial charge in [-0.25, -0.2) is 0 Å². The van der Waals surface area contributed by atoms with Gasteiger partial charge in [-0.1, -0.05) is 17.8 Å². The minimum atomic E-state index is -0.486. The number of carbonyl (C=O) groups excluding carboxylic acids is 1. The maximum absolute atomic E-state index is 12.2. The summed E-state index contributed by atoms with van der Waals surface area (Å²) in [6.07, 6.45) is 0. The second kappa shape index (κ2) is 10.1. The van der Waals surface area contributed by atoms with Crippen molar-refractivity contribution in [2.75, 3.05) is 11.1 Å². The number of nitrogens with one attached hydrogen (secondary N) is 1. The number of amides is 1. The van der Waals surface area contributed by atoms with Crippen molar-refractivity contribution >= 4 is 29.0 Å². The Morgan fingerprint density at radius 2 is 1.90 bits per heavy atom. The average Bonchev–Trinajstić information content (AvgIpc) is 3.15. The van der Waals surface area contributed by atoms with Crippen LogP contribution in [0.4, 0.5) is 11.4 Å². The first-order chi connectivity index (χ1) is 14.9. The van der Waals surface area contributed by atoms with E-state index in [0.29, 0.717) is 23.2 Å². The number of benzene rings is 2. The fourth-order valence-electron chi connectivity index (χ4n) is 2.80. The fourth-order valence-corrected chi connectivity index (χ4v) is 3.62. The summed E-state index contributed by atoms with van der Waals surface area (Å²) in [6.45, 7) is 6.98. The number of carbonyl (C=O) groups is 1. The number of nitrogens with zero attached hydrogens (tertiary/aromatic N) is 4. The summed E-state index contributed by atoms with van der Waals surface area (Å²) in [6, 6.07) is 11.6. The summed E-state index contributed by atoms with van der Waals surface area (Å²) in [4.78, 5) is 22.4. The fraction of sp³-hybridized carbons (Fsp3) is 0.286. The zero-order valence-electron chi connectivity index (χ0n) is 17.5. The second-order valence-electron chi connectivity index (χ2n) is 6.82. The number of nitro benzene ring substituents is 1. The van der Waals surface area contributed by atoms with Gasteiger partial charge >= 0.3 is 0 Å². The molecule has 0 spiro atoms. The standard InChI is InChI=1S/C21H23N5O4S/c1-4-25-19(12-30-18-10-5-14(2)15(3)11-18)23-24-21(25)31-13-20(27)22-16-6-8-17(9-7-16)26(28)29/h5-11H,4,12-13H2,1-3H3,(H,22,27). The maximum atomic E-state index is 12.2. The first-order valence-electron chi connectivity index (χ1n) is 9.66. The highest BCUT2D eigenvalue weighted by molar-refractivity contribution is 7.99. The molecule has 0 aliphatic carbocycles. The molecule has 0 aliphatic heterocycles. The van der Waals surface area contributed by atoms with Gasteiger partial charge in [-0.15, -0.1) is 10.2 Å². The Balaban J connectivity index is 1.56. The lowest BCUT2D eigenvalue weighted by atomic mass is 10.1. The lowest BCUT2D eigenvalue weighted by Gasteiger charge is -2.10. The molecule has 0 aliphatic rings. The molecule has 0 saturated carbocycles. The van der Waals surface area contributed by atoms with Crippen LogP contribution in [0.3, 0.4) is 0 Å². The Morgan fingerprint density at radius 3 is 2.55 bits per heavy atom. The van der Waals surface area contributed by atoms with Gasteiger partial charge in [0.05, 0.1) is 10.7 Å². The van der Waals surface area contributed by atoms with Crippen LogP contribution in [-0.2, 0) is 17.9 Å². The van der Waals surface area contributed by atoms with Gasteiger partial charge in [-0.3, -0.25) is 14.9 Å². The summed E-state index contributed by atoms with van der Waals surface area (Å²) >= 11 is 1.27. The van der Waals surface area contributed by atoms with Crippen LogP contribution in [0.25, 0.3) is 0 Å². The van der Waals surface area contributed by atoms with Crippen molar-refractivity contribution in [3.63, 3.8) is 0 Å². The summed E-state index contributed by atoms with van der Waals surface area (Å²) in [7, 11) is 0. The van der Waals surface area contributed by atoms with Crippen molar-refractivity contribution in [2.45, 2.75) is 39.1 Å². The van der Waals surface area contributed by atoms with E-state index >= 15 is 0 Å². The smallest absolute Gasteiger partial charge is 0.269 e. The van der Waals surface area contributed by atoms with Crippen molar-refractivity contribution in [3.8, 4) is 5.75 Å². The van der Waals surface area contributed by atoms with E-state index in [2.05, 4.69) is 15.5 Å². The van der Waals surface area contributed by atoms with E-state index in [9.17, 15) is 14.9 Å². The third-order valence-corrected chi connectivity index (χ3v) is 5.62. The van der Waals surface area contributed by atoms with E-state index in [1.807, 2.05) is 43.5 Å². The predicted octanol–water partition coefficient (Wildman–Crippen LogP) is 4.13. The Hall–Kier alpha value is -3.40. The normalized spacial score (nSPS) is 10.7. The number of hydrogen-bond donors (Lipinski definition) is 1. The molecule has 1 aromatic heterocycles. The second-order valence-corrected chi connectivity index (χ2v) is 7.76. The molecule has 162 valence electrons. The number of aryl methyl sites for hydroxylation is 2. The molecule has 0 saturated heterocycles. The quantitative estimate of drug-likeness (QED) is 0.302. The number of anilines is 1. The molecule has 0 bridgehead atoms. The van der Waals surface area contributed by atoms with Gasteiger partial charge in [0.2, 0.25) is 5.91 Å². The summed E-state index contributed by atoms with van der Waals surface area (Å²) in [5, 5.41) is 22.4. The summed E-state index contributed by atoms with van der Waals surface area (Å²) in [5.74, 6) is 1.34. The van der Waals surface area contributed by atoms with Gasteiger partial charge in [-0.2, -0.15) is 0 Å². The number of non-ortho nitro benzene ring substituents is 1. The lowest BCUT2D eigenvalue weighted by Crippen LogP contribution is -2.15. The van der Waals surface area contributed by atoms with E-state index in [1.165, 1.54) is 41.6 Å². The molecule has 31 heavy (non-hydrogen) atoms.